The van der Waals surface area contributed by atoms with Gasteiger partial charge in [0, 0.05) is 0 Å². The van der Waals surface area contributed by atoms with E-state index < -0.39 is 17.8 Å². The summed E-state index contributed by atoms with van der Waals surface area (Å²) in [6.45, 7) is 0. The topological polar surface area (TPSA) is 20.2 Å². The molecule has 1 nitrogen and oxygen atoms in total. The average Bonchev–Trinajstić information content (AvgIpc) is 2.46. The molecule has 1 unspecified atom stereocenters. The second kappa shape index (κ2) is 6.76. The van der Waals surface area contributed by atoms with E-state index in [0.29, 0.717) is 18.4 Å². The molecule has 0 saturated carbocycles. The molecule has 0 spiro atoms. The number of aliphatic hydroxyl groups is 1. The summed E-state index contributed by atoms with van der Waals surface area (Å²) in [5, 5.41) is 9.98. The Bertz CT molecular complexity index is 564. The van der Waals surface area contributed by atoms with Crippen LogP contribution < -0.4 is 0 Å². The first-order valence-corrected chi connectivity index (χ1v) is 6.83. The third-order valence-electron chi connectivity index (χ3n) is 3.33. The zero-order valence-corrected chi connectivity index (χ0v) is 11.5. The normalized spacial score (nSPS) is 13.1. The minimum absolute atomic E-state index is 0.233. The first-order valence-electron chi connectivity index (χ1n) is 6.83. The van der Waals surface area contributed by atoms with Crippen LogP contribution in [0, 0.1) is 0 Å². The highest BCUT2D eigenvalue weighted by Gasteiger charge is 2.30. The van der Waals surface area contributed by atoms with Gasteiger partial charge in [-0.25, -0.2) is 0 Å². The maximum atomic E-state index is 12.6. The highest BCUT2D eigenvalue weighted by atomic mass is 19.4. The monoisotopic (exact) mass is 294 g/mol. The van der Waals surface area contributed by atoms with Crippen molar-refractivity contribution < 1.29 is 18.3 Å². The first-order chi connectivity index (χ1) is 9.95. The van der Waals surface area contributed by atoms with Crippen molar-refractivity contribution in [1.29, 1.82) is 0 Å². The van der Waals surface area contributed by atoms with E-state index in [1.54, 1.807) is 6.07 Å². The standard InChI is InChI=1S/C17H17F3O/c18-17(19,20)15-8-4-7-14(11-15)12-16(21)10-9-13-5-2-1-3-6-13/h1-8,11,16,21H,9-10,12H2. The fraction of sp³-hybridized carbons (Fsp3) is 0.294. The molecule has 0 aliphatic heterocycles. The molecule has 2 rings (SSSR count). The fourth-order valence-corrected chi connectivity index (χ4v) is 2.23. The Labute approximate surface area is 122 Å². The summed E-state index contributed by atoms with van der Waals surface area (Å²) in [5.41, 5.74) is 0.946. The van der Waals surface area contributed by atoms with Crippen LogP contribution in [0.5, 0.6) is 0 Å². The smallest absolute Gasteiger partial charge is 0.393 e. The van der Waals surface area contributed by atoms with E-state index in [2.05, 4.69) is 0 Å². The lowest BCUT2D eigenvalue weighted by atomic mass is 10.00. The highest BCUT2D eigenvalue weighted by Crippen LogP contribution is 2.29. The van der Waals surface area contributed by atoms with Crippen LogP contribution in [0.15, 0.2) is 54.6 Å². The van der Waals surface area contributed by atoms with Crippen LogP contribution in [-0.2, 0) is 19.0 Å². The van der Waals surface area contributed by atoms with Gasteiger partial charge in [0.15, 0.2) is 0 Å². The van der Waals surface area contributed by atoms with Gasteiger partial charge in [0.05, 0.1) is 11.7 Å². The molecule has 0 aliphatic carbocycles. The summed E-state index contributed by atoms with van der Waals surface area (Å²) >= 11 is 0. The van der Waals surface area contributed by atoms with E-state index in [9.17, 15) is 18.3 Å². The Morgan fingerprint density at radius 1 is 0.905 bits per heavy atom. The summed E-state index contributed by atoms with van der Waals surface area (Å²) in [6.07, 6.45) is -3.52. The molecule has 0 heterocycles. The Hall–Kier alpha value is -1.81. The van der Waals surface area contributed by atoms with Crippen molar-refractivity contribution in [2.45, 2.75) is 31.5 Å². The Morgan fingerprint density at radius 2 is 1.57 bits per heavy atom. The maximum absolute atomic E-state index is 12.6. The largest absolute Gasteiger partial charge is 0.416 e. The van der Waals surface area contributed by atoms with Crippen molar-refractivity contribution in [3.8, 4) is 0 Å². The van der Waals surface area contributed by atoms with E-state index in [1.165, 1.54) is 6.07 Å². The fourth-order valence-electron chi connectivity index (χ4n) is 2.23. The van der Waals surface area contributed by atoms with Gasteiger partial charge in [-0.05, 0) is 36.5 Å². The molecule has 0 aliphatic rings. The van der Waals surface area contributed by atoms with Crippen LogP contribution in [-0.4, -0.2) is 11.2 Å². The third-order valence-corrected chi connectivity index (χ3v) is 3.33. The number of halogens is 3. The summed E-state index contributed by atoms with van der Waals surface area (Å²) in [7, 11) is 0. The van der Waals surface area contributed by atoms with Gasteiger partial charge in [0.1, 0.15) is 0 Å². The van der Waals surface area contributed by atoms with Gasteiger partial charge >= 0.3 is 6.18 Å². The average molecular weight is 294 g/mol. The third kappa shape index (κ3) is 4.90. The van der Waals surface area contributed by atoms with E-state index >= 15 is 0 Å². The molecule has 2 aromatic rings. The Kier molecular flexibility index (Phi) is 5.02. The number of benzene rings is 2. The van der Waals surface area contributed by atoms with Crippen molar-refractivity contribution in [2.75, 3.05) is 0 Å². The Balaban J connectivity index is 1.92. The number of aryl methyl sites for hydroxylation is 1. The lowest BCUT2D eigenvalue weighted by Gasteiger charge is -2.13. The summed E-state index contributed by atoms with van der Waals surface area (Å²) in [4.78, 5) is 0. The van der Waals surface area contributed by atoms with Crippen LogP contribution >= 0.6 is 0 Å². The summed E-state index contributed by atoms with van der Waals surface area (Å²) < 4.78 is 37.8. The minimum Gasteiger partial charge on any atom is -0.393 e. The van der Waals surface area contributed by atoms with Crippen LogP contribution in [0.4, 0.5) is 13.2 Å². The number of hydrogen-bond acceptors (Lipinski definition) is 1. The molecular weight excluding hydrogens is 277 g/mol. The van der Waals surface area contributed by atoms with Gasteiger partial charge in [0.25, 0.3) is 0 Å². The molecule has 21 heavy (non-hydrogen) atoms. The second-order valence-electron chi connectivity index (χ2n) is 5.08. The molecule has 2 aromatic carbocycles. The van der Waals surface area contributed by atoms with Gasteiger partial charge in [-0.15, -0.1) is 0 Å². The van der Waals surface area contributed by atoms with Crippen LogP contribution in [0.25, 0.3) is 0 Å². The lowest BCUT2D eigenvalue weighted by Crippen LogP contribution is -2.13. The molecule has 0 amide bonds. The van der Waals surface area contributed by atoms with Crippen LogP contribution in [0.3, 0.4) is 0 Å². The van der Waals surface area contributed by atoms with E-state index in [1.807, 2.05) is 30.3 Å². The number of rotatable bonds is 5. The number of aliphatic hydroxyl groups excluding tert-OH is 1. The van der Waals surface area contributed by atoms with E-state index in [-0.39, 0.29) is 6.42 Å². The number of alkyl halides is 3. The molecule has 1 atom stereocenters. The van der Waals surface area contributed by atoms with E-state index in [4.69, 9.17) is 0 Å². The van der Waals surface area contributed by atoms with Crippen molar-refractivity contribution in [3.05, 3.63) is 71.3 Å². The molecule has 1 N–H and O–H groups in total. The van der Waals surface area contributed by atoms with Crippen LogP contribution in [0.1, 0.15) is 23.1 Å². The second-order valence-corrected chi connectivity index (χ2v) is 5.08. The molecule has 0 fully saturated rings. The lowest BCUT2D eigenvalue weighted by molar-refractivity contribution is -0.137. The van der Waals surface area contributed by atoms with Gasteiger partial charge in [-0.1, -0.05) is 48.5 Å². The Morgan fingerprint density at radius 3 is 2.24 bits per heavy atom. The molecule has 112 valence electrons. The predicted octanol–water partition coefficient (Wildman–Crippen LogP) is 4.24. The molecular formula is C17H17F3O. The first kappa shape index (κ1) is 15.6. The minimum atomic E-state index is -4.34. The summed E-state index contributed by atoms with van der Waals surface area (Å²) in [6, 6.07) is 14.8. The van der Waals surface area contributed by atoms with Crippen molar-refractivity contribution >= 4 is 0 Å². The highest BCUT2D eigenvalue weighted by molar-refractivity contribution is 5.26. The van der Waals surface area contributed by atoms with E-state index in [0.717, 1.165) is 17.7 Å². The van der Waals surface area contributed by atoms with Gasteiger partial charge in [0.2, 0.25) is 0 Å². The molecule has 4 heteroatoms. The zero-order valence-electron chi connectivity index (χ0n) is 11.5. The van der Waals surface area contributed by atoms with Crippen molar-refractivity contribution in [2.24, 2.45) is 0 Å². The van der Waals surface area contributed by atoms with Crippen molar-refractivity contribution in [1.82, 2.24) is 0 Å². The van der Waals surface area contributed by atoms with Gasteiger partial charge in [-0.2, -0.15) is 13.2 Å². The number of hydrogen-bond donors (Lipinski definition) is 1. The molecule has 0 bridgehead atoms. The predicted molar refractivity (Wildman–Crippen MR) is 75.9 cm³/mol. The molecule has 0 saturated heterocycles. The van der Waals surface area contributed by atoms with Crippen LogP contribution in [0.2, 0.25) is 0 Å². The van der Waals surface area contributed by atoms with Gasteiger partial charge in [-0.3, -0.25) is 0 Å². The SMILES string of the molecule is OC(CCc1ccccc1)Cc1cccc(C(F)(F)F)c1. The maximum Gasteiger partial charge on any atom is 0.416 e. The van der Waals surface area contributed by atoms with Gasteiger partial charge < -0.3 is 5.11 Å². The molecule has 0 radical (unpaired) electrons. The van der Waals surface area contributed by atoms with Crippen molar-refractivity contribution in [3.63, 3.8) is 0 Å². The molecule has 0 aromatic heterocycles. The quantitative estimate of drug-likeness (QED) is 0.874. The zero-order chi connectivity index (χ0) is 15.3. The summed E-state index contributed by atoms with van der Waals surface area (Å²) in [5.74, 6) is 0.